The second-order valence-corrected chi connectivity index (χ2v) is 5.77. The van der Waals surface area contributed by atoms with Gasteiger partial charge in [0.25, 0.3) is 0 Å². The molecule has 1 saturated heterocycles. The minimum Gasteiger partial charge on any atom is -0.394 e. The Kier molecular flexibility index (Phi) is 3.24. The first-order chi connectivity index (χ1) is 10.7. The fraction of sp³-hybridized carbons (Fsp3) is 0.571. The van der Waals surface area contributed by atoms with Crippen LogP contribution in [0.25, 0.3) is 0 Å². The van der Waals surface area contributed by atoms with Gasteiger partial charge in [0.05, 0.1) is 19.4 Å². The van der Waals surface area contributed by atoms with Crippen LogP contribution in [-0.2, 0) is 4.74 Å². The third-order valence-corrected chi connectivity index (χ3v) is 4.44. The SMILES string of the molecule is OC[C@H]1O[C@@H](N2C=C3CCC4=C3C(=N2)C=NNC4)[C@H](F)[C@@H]1O. The number of hydrogen-bond acceptors (Lipinski definition) is 7. The van der Waals surface area contributed by atoms with E-state index in [0.717, 1.165) is 24.0 Å². The maximum Gasteiger partial charge on any atom is 0.184 e. The number of allylic oxidation sites excluding steroid dienone is 2. The molecule has 4 rings (SSSR count). The van der Waals surface area contributed by atoms with Crippen molar-refractivity contribution in [1.29, 1.82) is 0 Å². The lowest BCUT2D eigenvalue weighted by Crippen LogP contribution is -2.38. The van der Waals surface area contributed by atoms with Gasteiger partial charge in [-0.1, -0.05) is 0 Å². The number of rotatable bonds is 2. The lowest BCUT2D eigenvalue weighted by Gasteiger charge is -2.28. The fourth-order valence-corrected chi connectivity index (χ4v) is 3.31. The molecule has 0 bridgehead atoms. The molecule has 0 aromatic rings. The van der Waals surface area contributed by atoms with Crippen LogP contribution in [0.2, 0.25) is 0 Å². The third-order valence-electron chi connectivity index (χ3n) is 4.44. The zero-order valence-electron chi connectivity index (χ0n) is 11.8. The summed E-state index contributed by atoms with van der Waals surface area (Å²) in [4.78, 5) is 0. The van der Waals surface area contributed by atoms with E-state index in [-0.39, 0.29) is 0 Å². The van der Waals surface area contributed by atoms with Crippen molar-refractivity contribution < 1.29 is 19.3 Å². The normalized spacial score (nSPS) is 36.8. The molecular formula is C14H17FN4O3. The van der Waals surface area contributed by atoms with E-state index in [1.807, 2.05) is 0 Å². The molecular weight excluding hydrogens is 291 g/mol. The lowest BCUT2D eigenvalue weighted by atomic mass is 10.0. The summed E-state index contributed by atoms with van der Waals surface area (Å²) in [6, 6.07) is 0. The highest BCUT2D eigenvalue weighted by Gasteiger charge is 2.47. The number of ether oxygens (including phenoxy) is 1. The largest absolute Gasteiger partial charge is 0.394 e. The van der Waals surface area contributed by atoms with Crippen molar-refractivity contribution in [2.45, 2.75) is 37.4 Å². The van der Waals surface area contributed by atoms with Crippen molar-refractivity contribution in [2.24, 2.45) is 10.2 Å². The topological polar surface area (TPSA) is 89.7 Å². The Hall–Kier alpha value is -1.77. The molecule has 3 heterocycles. The zero-order valence-corrected chi connectivity index (χ0v) is 11.8. The first-order valence-electron chi connectivity index (χ1n) is 7.34. The third kappa shape index (κ3) is 1.98. The minimum atomic E-state index is -1.63. The predicted molar refractivity (Wildman–Crippen MR) is 76.8 cm³/mol. The van der Waals surface area contributed by atoms with E-state index < -0.39 is 31.2 Å². The van der Waals surface area contributed by atoms with Crippen LogP contribution in [0.1, 0.15) is 12.8 Å². The van der Waals surface area contributed by atoms with E-state index in [1.54, 1.807) is 12.4 Å². The Morgan fingerprint density at radius 1 is 1.45 bits per heavy atom. The highest BCUT2D eigenvalue weighted by molar-refractivity contribution is 6.40. The van der Waals surface area contributed by atoms with Gasteiger partial charge in [0, 0.05) is 11.8 Å². The van der Waals surface area contributed by atoms with Crippen molar-refractivity contribution in [3.63, 3.8) is 0 Å². The summed E-state index contributed by atoms with van der Waals surface area (Å²) in [5.74, 6) is 0. The summed E-state index contributed by atoms with van der Waals surface area (Å²) in [5, 5.41) is 28.8. The summed E-state index contributed by atoms with van der Waals surface area (Å²) in [6.45, 7) is 0.263. The van der Waals surface area contributed by atoms with Crippen LogP contribution in [0.5, 0.6) is 0 Å². The molecule has 22 heavy (non-hydrogen) atoms. The predicted octanol–water partition coefficient (Wildman–Crippen LogP) is -0.363. The lowest BCUT2D eigenvalue weighted by molar-refractivity contribution is -0.0707. The number of nitrogens with one attached hydrogen (secondary N) is 1. The highest BCUT2D eigenvalue weighted by atomic mass is 19.1. The van der Waals surface area contributed by atoms with Gasteiger partial charge in [0.15, 0.2) is 12.4 Å². The molecule has 0 radical (unpaired) electrons. The van der Waals surface area contributed by atoms with Gasteiger partial charge in [-0.2, -0.15) is 10.2 Å². The molecule has 4 aliphatic rings. The van der Waals surface area contributed by atoms with Crippen LogP contribution in [0.4, 0.5) is 4.39 Å². The van der Waals surface area contributed by atoms with Gasteiger partial charge >= 0.3 is 0 Å². The second kappa shape index (κ2) is 5.15. The molecule has 0 amide bonds. The highest BCUT2D eigenvalue weighted by Crippen LogP contribution is 2.37. The molecule has 0 unspecified atom stereocenters. The number of nitrogens with zero attached hydrogens (tertiary/aromatic N) is 3. The van der Waals surface area contributed by atoms with Crippen molar-refractivity contribution in [3.8, 4) is 0 Å². The standard InChI is InChI=1S/C14H17FN4O3/c15-12-13(21)10(6-20)22-14(12)19-5-8-2-1-7-3-16-17-4-9(18-19)11(7)8/h4-5,10,12-14,16,20-21H,1-3,6H2/t10-,12-,13-,14-/m1/s1. The molecule has 3 aliphatic heterocycles. The molecule has 1 fully saturated rings. The summed E-state index contributed by atoms with van der Waals surface area (Å²) in [5.41, 5.74) is 7.04. The molecule has 8 heteroatoms. The second-order valence-electron chi connectivity index (χ2n) is 5.77. The number of alkyl halides is 1. The van der Waals surface area contributed by atoms with Gasteiger partial charge in [-0.05, 0) is 24.0 Å². The molecule has 4 atom stereocenters. The Balaban J connectivity index is 1.68. The molecule has 0 saturated carbocycles. The zero-order chi connectivity index (χ0) is 15.3. The van der Waals surface area contributed by atoms with Crippen molar-refractivity contribution in [3.05, 3.63) is 22.9 Å². The van der Waals surface area contributed by atoms with Gasteiger partial charge in [-0.25, -0.2) is 9.40 Å². The van der Waals surface area contributed by atoms with Crippen LogP contribution in [0.15, 0.2) is 33.1 Å². The van der Waals surface area contributed by atoms with E-state index in [2.05, 4.69) is 15.6 Å². The molecule has 1 aliphatic carbocycles. The van der Waals surface area contributed by atoms with Crippen molar-refractivity contribution in [2.75, 3.05) is 13.2 Å². The Bertz CT molecular complexity index is 615. The quantitative estimate of drug-likeness (QED) is 0.648. The van der Waals surface area contributed by atoms with Gasteiger partial charge in [0.2, 0.25) is 0 Å². The van der Waals surface area contributed by atoms with Crippen molar-refractivity contribution in [1.82, 2.24) is 10.4 Å². The Morgan fingerprint density at radius 3 is 3.09 bits per heavy atom. The van der Waals surface area contributed by atoms with Crippen LogP contribution in [0, 0.1) is 0 Å². The average Bonchev–Trinajstić information content (AvgIpc) is 2.97. The van der Waals surface area contributed by atoms with E-state index in [9.17, 15) is 9.50 Å². The van der Waals surface area contributed by atoms with Gasteiger partial charge < -0.3 is 20.4 Å². The fourth-order valence-electron chi connectivity index (χ4n) is 3.31. The van der Waals surface area contributed by atoms with Crippen LogP contribution in [-0.4, -0.2) is 64.9 Å². The van der Waals surface area contributed by atoms with Crippen LogP contribution >= 0.6 is 0 Å². The van der Waals surface area contributed by atoms with Crippen LogP contribution in [0.3, 0.4) is 0 Å². The Morgan fingerprint density at radius 2 is 2.32 bits per heavy atom. The van der Waals surface area contributed by atoms with Crippen LogP contribution < -0.4 is 5.43 Å². The average molecular weight is 308 g/mol. The molecule has 7 nitrogen and oxygen atoms in total. The Labute approximate surface area is 126 Å². The van der Waals surface area contributed by atoms with Gasteiger partial charge in [0.1, 0.15) is 17.9 Å². The van der Waals surface area contributed by atoms with E-state index in [1.165, 1.54) is 10.6 Å². The van der Waals surface area contributed by atoms with E-state index in [0.29, 0.717) is 12.3 Å². The number of aliphatic hydroxyl groups is 2. The van der Waals surface area contributed by atoms with Crippen molar-refractivity contribution >= 4 is 11.9 Å². The molecule has 0 aromatic heterocycles. The summed E-state index contributed by atoms with van der Waals surface area (Å²) in [7, 11) is 0. The first-order valence-corrected chi connectivity index (χ1v) is 7.34. The smallest absolute Gasteiger partial charge is 0.184 e. The summed E-state index contributed by atoms with van der Waals surface area (Å²) in [6.07, 6.45) is 0.230. The first kappa shape index (κ1) is 13.9. The van der Waals surface area contributed by atoms with Gasteiger partial charge in [-0.15, -0.1) is 0 Å². The van der Waals surface area contributed by atoms with E-state index in [4.69, 9.17) is 9.84 Å². The monoisotopic (exact) mass is 308 g/mol. The summed E-state index contributed by atoms with van der Waals surface area (Å²) >= 11 is 0. The summed E-state index contributed by atoms with van der Waals surface area (Å²) < 4.78 is 19.7. The molecule has 3 N–H and O–H groups in total. The maximum absolute atomic E-state index is 14.3. The number of aliphatic hydroxyl groups excluding tert-OH is 2. The molecule has 118 valence electrons. The number of hydrazone groups is 2. The maximum atomic E-state index is 14.3. The minimum absolute atomic E-state index is 0.431. The number of hydrogen-bond donors (Lipinski definition) is 3. The van der Waals surface area contributed by atoms with E-state index >= 15 is 0 Å². The van der Waals surface area contributed by atoms with Gasteiger partial charge in [-0.3, -0.25) is 0 Å². The molecule has 0 spiro atoms. The number of halogens is 1. The molecule has 0 aromatic carbocycles.